The van der Waals surface area contributed by atoms with E-state index in [2.05, 4.69) is 10.4 Å². The van der Waals surface area contributed by atoms with Gasteiger partial charge in [-0.2, -0.15) is 5.10 Å². The number of hydrogen-bond acceptors (Lipinski definition) is 5. The van der Waals surface area contributed by atoms with Crippen molar-refractivity contribution in [1.82, 2.24) is 15.1 Å². The minimum Gasteiger partial charge on any atom is -0.444 e. The lowest BCUT2D eigenvalue weighted by Crippen LogP contribution is -2.44. The fourth-order valence-electron chi connectivity index (χ4n) is 2.56. The zero-order chi connectivity index (χ0) is 18.5. The van der Waals surface area contributed by atoms with E-state index in [1.165, 1.54) is 0 Å². The Bertz CT molecular complexity index is 557. The molecule has 1 aliphatic rings. The fraction of sp³-hybridized carbons (Fsp3) is 0.778. The van der Waals surface area contributed by atoms with Gasteiger partial charge in [0.25, 0.3) is 0 Å². The van der Waals surface area contributed by atoms with Gasteiger partial charge in [0.05, 0.1) is 24.4 Å². The summed E-state index contributed by atoms with van der Waals surface area (Å²) in [4.78, 5) is 12.0. The molecule has 1 amide bonds. The molecule has 25 heavy (non-hydrogen) atoms. The second kappa shape index (κ2) is 8.19. The molecule has 2 rings (SSSR count). The summed E-state index contributed by atoms with van der Waals surface area (Å²) in [6, 6.07) is 1.90. The molecular formula is C18H31N3O4. The number of hydrogen-bond donors (Lipinski definition) is 1. The molecule has 1 N–H and O–H groups in total. The standard InChI is InChI=1S/C18H31N3O4/c1-17(2,3)25-16(22)19-18(4,5)14-9-10-21(20-14)11-13-24-15-8-6-7-12-23-15/h9-10,15H,6-8,11-13H2,1-5H3,(H,19,22). The summed E-state index contributed by atoms with van der Waals surface area (Å²) in [6.45, 7) is 11.3. The number of ether oxygens (including phenoxy) is 3. The first-order chi connectivity index (χ1) is 11.7. The van der Waals surface area contributed by atoms with Crippen molar-refractivity contribution < 1.29 is 19.0 Å². The Morgan fingerprint density at radius 2 is 2.12 bits per heavy atom. The Labute approximate surface area is 150 Å². The van der Waals surface area contributed by atoms with E-state index >= 15 is 0 Å². The van der Waals surface area contributed by atoms with Crippen LogP contribution in [0, 0.1) is 0 Å². The van der Waals surface area contributed by atoms with Crippen LogP contribution in [0.5, 0.6) is 0 Å². The van der Waals surface area contributed by atoms with Gasteiger partial charge in [-0.05, 0) is 59.9 Å². The van der Waals surface area contributed by atoms with Crippen molar-refractivity contribution in [3.63, 3.8) is 0 Å². The maximum absolute atomic E-state index is 12.0. The van der Waals surface area contributed by atoms with Crippen molar-refractivity contribution in [2.75, 3.05) is 13.2 Å². The van der Waals surface area contributed by atoms with Crippen LogP contribution in [0.4, 0.5) is 4.79 Å². The van der Waals surface area contributed by atoms with Crippen LogP contribution >= 0.6 is 0 Å². The first-order valence-corrected chi connectivity index (χ1v) is 8.94. The first-order valence-electron chi connectivity index (χ1n) is 8.94. The second-order valence-electron chi connectivity index (χ2n) is 7.88. The molecule has 0 bridgehead atoms. The predicted molar refractivity (Wildman–Crippen MR) is 94.2 cm³/mol. The van der Waals surface area contributed by atoms with Gasteiger partial charge in [0.1, 0.15) is 5.60 Å². The van der Waals surface area contributed by atoms with Gasteiger partial charge in [0.15, 0.2) is 6.29 Å². The quantitative estimate of drug-likeness (QED) is 0.850. The van der Waals surface area contributed by atoms with Crippen molar-refractivity contribution in [2.24, 2.45) is 0 Å². The summed E-state index contributed by atoms with van der Waals surface area (Å²) < 4.78 is 18.4. The number of amides is 1. The smallest absolute Gasteiger partial charge is 0.408 e. The molecule has 0 aliphatic carbocycles. The molecule has 7 nitrogen and oxygen atoms in total. The second-order valence-corrected chi connectivity index (χ2v) is 7.88. The fourth-order valence-corrected chi connectivity index (χ4v) is 2.56. The molecule has 1 atom stereocenters. The predicted octanol–water partition coefficient (Wildman–Crippen LogP) is 3.19. The van der Waals surface area contributed by atoms with E-state index in [-0.39, 0.29) is 6.29 Å². The van der Waals surface area contributed by atoms with Gasteiger partial charge >= 0.3 is 6.09 Å². The number of alkyl carbamates (subject to hydrolysis) is 1. The minimum atomic E-state index is -0.624. The Morgan fingerprint density at radius 1 is 1.36 bits per heavy atom. The summed E-state index contributed by atoms with van der Waals surface area (Å²) in [6.07, 6.45) is 4.57. The van der Waals surface area contributed by atoms with Gasteiger partial charge in [-0.15, -0.1) is 0 Å². The van der Waals surface area contributed by atoms with Crippen molar-refractivity contribution in [3.05, 3.63) is 18.0 Å². The van der Waals surface area contributed by atoms with Gasteiger partial charge in [0.2, 0.25) is 0 Å². The Balaban J connectivity index is 1.82. The lowest BCUT2D eigenvalue weighted by Gasteiger charge is -2.27. The average molecular weight is 353 g/mol. The van der Waals surface area contributed by atoms with Crippen LogP contribution < -0.4 is 5.32 Å². The summed E-state index contributed by atoms with van der Waals surface area (Å²) in [7, 11) is 0. The van der Waals surface area contributed by atoms with Gasteiger partial charge in [-0.25, -0.2) is 4.79 Å². The third-order valence-corrected chi connectivity index (χ3v) is 3.86. The van der Waals surface area contributed by atoms with E-state index in [0.29, 0.717) is 13.2 Å². The molecule has 1 aromatic rings. The number of aromatic nitrogens is 2. The zero-order valence-electron chi connectivity index (χ0n) is 16.0. The lowest BCUT2D eigenvalue weighted by molar-refractivity contribution is -0.163. The van der Waals surface area contributed by atoms with E-state index in [0.717, 1.165) is 31.6 Å². The van der Waals surface area contributed by atoms with Crippen molar-refractivity contribution in [1.29, 1.82) is 0 Å². The molecule has 1 fully saturated rings. The van der Waals surface area contributed by atoms with Crippen LogP contribution in [-0.2, 0) is 26.3 Å². The highest BCUT2D eigenvalue weighted by Crippen LogP contribution is 2.19. The molecule has 0 spiro atoms. The van der Waals surface area contributed by atoms with Crippen LogP contribution in [0.25, 0.3) is 0 Å². The molecule has 1 aromatic heterocycles. The molecule has 0 radical (unpaired) electrons. The monoisotopic (exact) mass is 353 g/mol. The lowest BCUT2D eigenvalue weighted by atomic mass is 10.0. The summed E-state index contributed by atoms with van der Waals surface area (Å²) in [5, 5.41) is 7.40. The van der Waals surface area contributed by atoms with Gasteiger partial charge in [-0.3, -0.25) is 4.68 Å². The van der Waals surface area contributed by atoms with Gasteiger partial charge < -0.3 is 19.5 Å². The van der Waals surface area contributed by atoms with Crippen LogP contribution in [0.1, 0.15) is 59.6 Å². The largest absolute Gasteiger partial charge is 0.444 e. The van der Waals surface area contributed by atoms with Gasteiger partial charge in [-0.1, -0.05) is 0 Å². The molecule has 0 aromatic carbocycles. The third-order valence-electron chi connectivity index (χ3n) is 3.86. The number of carbonyl (C=O) groups excluding carboxylic acids is 1. The van der Waals surface area contributed by atoms with Crippen LogP contribution in [0.3, 0.4) is 0 Å². The molecule has 0 saturated carbocycles. The van der Waals surface area contributed by atoms with E-state index in [4.69, 9.17) is 14.2 Å². The Kier molecular flexibility index (Phi) is 6.46. The van der Waals surface area contributed by atoms with E-state index in [9.17, 15) is 4.79 Å². The summed E-state index contributed by atoms with van der Waals surface area (Å²) in [5.41, 5.74) is -0.383. The number of nitrogens with zero attached hydrogens (tertiary/aromatic N) is 2. The SMILES string of the molecule is CC(C)(C)OC(=O)NC(C)(C)c1ccn(CCOC2CCCCO2)n1. The van der Waals surface area contributed by atoms with E-state index in [1.54, 1.807) is 0 Å². The topological polar surface area (TPSA) is 74.6 Å². The van der Waals surface area contributed by atoms with E-state index in [1.807, 2.05) is 51.6 Å². The molecule has 1 aliphatic heterocycles. The molecule has 7 heteroatoms. The number of nitrogens with one attached hydrogen (secondary N) is 1. The van der Waals surface area contributed by atoms with Crippen LogP contribution in [0.15, 0.2) is 12.3 Å². The Hall–Kier alpha value is -1.60. The number of rotatable bonds is 6. The molecular weight excluding hydrogens is 322 g/mol. The first kappa shape index (κ1) is 19.7. The zero-order valence-corrected chi connectivity index (χ0v) is 16.0. The minimum absolute atomic E-state index is 0.0888. The van der Waals surface area contributed by atoms with Crippen LogP contribution in [-0.4, -0.2) is 41.0 Å². The maximum Gasteiger partial charge on any atom is 0.408 e. The van der Waals surface area contributed by atoms with Crippen molar-refractivity contribution >= 4 is 6.09 Å². The molecule has 2 heterocycles. The number of carbonyl (C=O) groups is 1. The highest BCUT2D eigenvalue weighted by molar-refractivity contribution is 5.68. The summed E-state index contributed by atoms with van der Waals surface area (Å²) >= 11 is 0. The van der Waals surface area contributed by atoms with Crippen molar-refractivity contribution in [3.8, 4) is 0 Å². The van der Waals surface area contributed by atoms with E-state index < -0.39 is 17.2 Å². The molecule has 142 valence electrons. The highest BCUT2D eigenvalue weighted by atomic mass is 16.7. The molecule has 1 unspecified atom stereocenters. The third kappa shape index (κ3) is 6.66. The van der Waals surface area contributed by atoms with Crippen LogP contribution in [0.2, 0.25) is 0 Å². The maximum atomic E-state index is 12.0. The Morgan fingerprint density at radius 3 is 2.76 bits per heavy atom. The van der Waals surface area contributed by atoms with Crippen molar-refractivity contribution in [2.45, 2.75) is 77.9 Å². The molecule has 1 saturated heterocycles. The average Bonchev–Trinajstić information content (AvgIpc) is 2.95. The summed E-state index contributed by atoms with van der Waals surface area (Å²) in [5.74, 6) is 0. The van der Waals surface area contributed by atoms with Gasteiger partial charge in [0, 0.05) is 12.8 Å². The highest BCUT2D eigenvalue weighted by Gasteiger charge is 2.28. The normalized spacial score (nSPS) is 18.8.